The van der Waals surface area contributed by atoms with E-state index >= 15 is 8.78 Å². The molecule has 7 rings (SSSR count). The third-order valence-electron chi connectivity index (χ3n) is 11.5. The van der Waals surface area contributed by atoms with Gasteiger partial charge in [0.1, 0.15) is 40.9 Å². The zero-order chi connectivity index (χ0) is 52.5. The lowest BCUT2D eigenvalue weighted by Crippen LogP contribution is -2.35. The van der Waals surface area contributed by atoms with E-state index in [4.69, 9.17) is 16.7 Å². The third kappa shape index (κ3) is 11.0. The van der Waals surface area contributed by atoms with Crippen molar-refractivity contribution in [2.45, 2.75) is 81.3 Å². The number of aromatic nitrogens is 5. The van der Waals surface area contributed by atoms with Crippen LogP contribution in [-0.4, -0.2) is 92.9 Å². The molecule has 3 N–H and O–H groups in total. The molecule has 0 saturated heterocycles. The summed E-state index contributed by atoms with van der Waals surface area (Å²) in [6.07, 6.45) is -10.4. The Labute approximate surface area is 401 Å². The first kappa shape index (κ1) is 52.7. The molecular formula is C42H34ClF10N7O9S2. The number of pyridine rings is 1. The number of benzene rings is 2. The van der Waals surface area contributed by atoms with Crippen LogP contribution in [0, 0.1) is 29.4 Å². The van der Waals surface area contributed by atoms with E-state index in [1.165, 1.54) is 19.9 Å². The minimum absolute atomic E-state index is 0.188. The third-order valence-corrected chi connectivity index (χ3v) is 14.4. The number of carboxylic acids is 1. The molecule has 2 aliphatic rings. The number of hydrogen-bond acceptors (Lipinski definition) is 10. The monoisotopic (exact) mass is 1070 g/mol. The van der Waals surface area contributed by atoms with Gasteiger partial charge in [-0.25, -0.2) is 36.0 Å². The Hall–Kier alpha value is -6.15. The predicted molar refractivity (Wildman–Crippen MR) is 228 cm³/mol. The zero-order valence-electron chi connectivity index (χ0n) is 36.4. The molecule has 16 nitrogen and oxygen atoms in total. The number of halogens is 11. The van der Waals surface area contributed by atoms with E-state index in [1.807, 2.05) is 0 Å². The van der Waals surface area contributed by atoms with Gasteiger partial charge in [-0.05, 0) is 74.4 Å². The van der Waals surface area contributed by atoms with Crippen LogP contribution in [0.5, 0.6) is 0 Å². The number of fused-ring (bicyclic) bond motifs is 4. The van der Waals surface area contributed by atoms with Gasteiger partial charge in [0.2, 0.25) is 17.2 Å². The highest BCUT2D eigenvalue weighted by atomic mass is 35.5. The average molecular weight is 1070 g/mol. The van der Waals surface area contributed by atoms with Gasteiger partial charge in [-0.3, -0.25) is 18.7 Å². The van der Waals surface area contributed by atoms with Gasteiger partial charge in [-0.15, -0.1) is 0 Å². The van der Waals surface area contributed by atoms with Crippen molar-refractivity contribution >= 4 is 61.5 Å². The first-order valence-electron chi connectivity index (χ1n) is 20.3. The van der Waals surface area contributed by atoms with Crippen LogP contribution in [0.4, 0.5) is 43.9 Å². The quantitative estimate of drug-likeness (QED) is 0.0261. The minimum atomic E-state index is -5.22. The summed E-state index contributed by atoms with van der Waals surface area (Å²) in [5.74, 6) is -9.05. The van der Waals surface area contributed by atoms with Crippen LogP contribution in [0.3, 0.4) is 0 Å². The fourth-order valence-electron chi connectivity index (χ4n) is 7.97. The molecule has 1 saturated carbocycles. The number of amides is 1. The highest BCUT2D eigenvalue weighted by Gasteiger charge is 2.68. The summed E-state index contributed by atoms with van der Waals surface area (Å²) < 4.78 is 197. The van der Waals surface area contributed by atoms with Gasteiger partial charge < -0.3 is 15.2 Å². The largest absolute Gasteiger partial charge is 0.473 e. The maximum atomic E-state index is 15.5. The number of alkyl halides is 8. The molecular weight excluding hydrogens is 1040 g/mol. The molecule has 2 unspecified atom stereocenters. The number of hydrogen-bond donors (Lipinski definition) is 3. The molecule has 380 valence electrons. The smallest absolute Gasteiger partial charge is 0.435 e. The highest BCUT2D eigenvalue weighted by molar-refractivity contribution is 7.92. The first-order chi connectivity index (χ1) is 32.8. The minimum Gasteiger partial charge on any atom is -0.473 e. The van der Waals surface area contributed by atoms with E-state index in [-0.39, 0.29) is 43.9 Å². The average Bonchev–Trinajstić information content (AvgIpc) is 3.75. The number of carbonyl (C=O) groups excluding carboxylic acids is 2. The Balaban J connectivity index is 1.44. The number of nitrogens with one attached hydrogen (secondary N) is 1. The molecule has 0 bridgehead atoms. The SMILES string of the molecule is CC(C)(C#Cc1ccc(-c2ccc(Cl)c3c(CN(COC(=O)C(=O)O)S(=O)O)nn(CC(F)(F)F)c23)c(C(Cc2cc(F)cc(F)c2)NC(=O)Cn2nc(C(F)(F)F)c3c2C(F)(F)[C@@H]2C[C@H]32)n1)S(C)(=O)=O. The molecule has 71 heavy (non-hydrogen) atoms. The van der Waals surface area contributed by atoms with Gasteiger partial charge in [-0.1, -0.05) is 23.6 Å². The van der Waals surface area contributed by atoms with Crippen molar-refractivity contribution in [3.63, 3.8) is 0 Å². The number of rotatable bonds is 14. The van der Waals surface area contributed by atoms with E-state index < -0.39 is 158 Å². The maximum absolute atomic E-state index is 15.5. The zero-order valence-corrected chi connectivity index (χ0v) is 38.8. The Morgan fingerprint density at radius 2 is 1.68 bits per heavy atom. The Morgan fingerprint density at radius 3 is 2.27 bits per heavy atom. The molecule has 1 fully saturated rings. The summed E-state index contributed by atoms with van der Waals surface area (Å²) in [6, 6.07) is 4.90. The van der Waals surface area contributed by atoms with Crippen LogP contribution in [-0.2, 0) is 78.4 Å². The Kier molecular flexibility index (Phi) is 13.9. The van der Waals surface area contributed by atoms with Crippen molar-refractivity contribution in [3.05, 3.63) is 98.7 Å². The van der Waals surface area contributed by atoms with Gasteiger partial charge in [0.05, 0.1) is 34.5 Å². The summed E-state index contributed by atoms with van der Waals surface area (Å²) in [5.41, 5.74) is -6.11. The van der Waals surface area contributed by atoms with Gasteiger partial charge in [0, 0.05) is 40.3 Å². The van der Waals surface area contributed by atoms with Crippen LogP contribution < -0.4 is 5.32 Å². The summed E-state index contributed by atoms with van der Waals surface area (Å²) >= 11 is 3.45. The number of esters is 1. The van der Waals surface area contributed by atoms with E-state index in [2.05, 4.69) is 37.1 Å². The van der Waals surface area contributed by atoms with Crippen molar-refractivity contribution < 1.29 is 85.3 Å². The molecule has 3 aromatic heterocycles. The molecule has 3 heterocycles. The molecule has 4 atom stereocenters. The fraction of sp³-hybridized carbons (Fsp3) is 0.381. The molecule has 0 radical (unpaired) electrons. The number of ether oxygens (including phenoxy) is 1. The highest BCUT2D eigenvalue weighted by Crippen LogP contribution is 2.68. The summed E-state index contributed by atoms with van der Waals surface area (Å²) in [7, 11) is -3.90. The summed E-state index contributed by atoms with van der Waals surface area (Å²) in [5, 5.41) is 18.0. The van der Waals surface area contributed by atoms with Gasteiger partial charge >= 0.3 is 24.3 Å². The van der Waals surface area contributed by atoms with E-state index in [9.17, 15) is 66.7 Å². The van der Waals surface area contributed by atoms with E-state index in [1.54, 1.807) is 0 Å². The van der Waals surface area contributed by atoms with Crippen LogP contribution >= 0.6 is 11.6 Å². The number of aliphatic carboxylic acids is 1. The molecule has 29 heteroatoms. The molecule has 2 aliphatic carbocycles. The summed E-state index contributed by atoms with van der Waals surface area (Å²) in [6.45, 7) is -2.90. The number of carbonyl (C=O) groups is 3. The second kappa shape index (κ2) is 18.8. The second-order valence-corrected chi connectivity index (χ2v) is 20.8. The van der Waals surface area contributed by atoms with Crippen molar-refractivity contribution in [2.24, 2.45) is 5.92 Å². The second-order valence-electron chi connectivity index (χ2n) is 16.9. The van der Waals surface area contributed by atoms with Crippen LogP contribution in [0.2, 0.25) is 5.02 Å². The van der Waals surface area contributed by atoms with Crippen molar-refractivity contribution in [3.8, 4) is 23.0 Å². The van der Waals surface area contributed by atoms with Crippen LogP contribution in [0.1, 0.15) is 71.8 Å². The topological polar surface area (TPSA) is 216 Å². The normalized spacial score (nSPS) is 17.3. The fourth-order valence-corrected chi connectivity index (χ4v) is 8.84. The van der Waals surface area contributed by atoms with Crippen molar-refractivity contribution in [1.82, 2.24) is 34.2 Å². The van der Waals surface area contributed by atoms with Crippen molar-refractivity contribution in [1.29, 1.82) is 0 Å². The lowest BCUT2D eigenvalue weighted by atomic mass is 9.93. The molecule has 0 spiro atoms. The van der Waals surface area contributed by atoms with Crippen molar-refractivity contribution in [2.75, 3.05) is 13.0 Å². The van der Waals surface area contributed by atoms with Gasteiger partial charge in [0.15, 0.2) is 22.3 Å². The lowest BCUT2D eigenvalue weighted by Gasteiger charge is -2.23. The lowest BCUT2D eigenvalue weighted by molar-refractivity contribution is -0.165. The first-order valence-corrected chi connectivity index (χ1v) is 23.7. The molecule has 5 aromatic rings. The Morgan fingerprint density at radius 1 is 1.03 bits per heavy atom. The van der Waals surface area contributed by atoms with E-state index in [0.29, 0.717) is 15.1 Å². The number of carboxylic acid groups (broad SMARTS) is 1. The molecule has 1 amide bonds. The van der Waals surface area contributed by atoms with Gasteiger partial charge in [-0.2, -0.15) is 49.6 Å². The van der Waals surface area contributed by atoms with Gasteiger partial charge in [0.25, 0.3) is 5.92 Å². The predicted octanol–water partition coefficient (Wildman–Crippen LogP) is 6.82. The standard InChI is InChI=1S/C42H34ClF10N7O9S2/c1-39(2,71(3,67)68)9-8-22-4-5-23(24-6-7-27(43)32-29(56-60(34(24)32)17-40(46,47)48)15-58(70(65)66)18-69-38(64)37(62)63)33(54-22)28(12-19-10-20(44)13-21(45)11-19)55-30(61)16-59-36-31(35(57-59)42(51,52)53)25-14-26(25)41(36,49)50/h4-7,10-11,13,25-26,28H,12,14-18H2,1-3H3,(H,55,61)(H,62,63)(H,65,66)/t25-,26+,28?/m0/s1. The number of nitrogens with zero attached hydrogens (tertiary/aromatic N) is 6. The van der Waals surface area contributed by atoms with E-state index in [0.717, 1.165) is 36.6 Å². The molecule has 2 aromatic carbocycles. The number of sulfone groups is 1. The maximum Gasteiger partial charge on any atom is 0.435 e. The summed E-state index contributed by atoms with van der Waals surface area (Å²) in [4.78, 5) is 41.3. The van der Waals surface area contributed by atoms with Crippen LogP contribution in [0.25, 0.3) is 22.0 Å². The molecule has 0 aliphatic heterocycles. The van der Waals surface area contributed by atoms with Crippen LogP contribution in [0.15, 0.2) is 42.5 Å². The Bertz CT molecular complexity index is 3200.